The zero-order chi connectivity index (χ0) is 29.4. The number of rotatable bonds is 7. The number of hydrogen-bond donors (Lipinski definition) is 0. The van der Waals surface area contributed by atoms with Crippen LogP contribution in [0.25, 0.3) is 33.2 Å². The van der Waals surface area contributed by atoms with Gasteiger partial charge in [0.05, 0.1) is 24.2 Å². The quantitative estimate of drug-likeness (QED) is 0.190. The summed E-state index contributed by atoms with van der Waals surface area (Å²) in [5.74, 6) is 1.55. The van der Waals surface area contributed by atoms with Gasteiger partial charge >= 0.3 is 0 Å². The van der Waals surface area contributed by atoms with E-state index in [0.29, 0.717) is 16.7 Å². The molecule has 0 aliphatic carbocycles. The van der Waals surface area contributed by atoms with Gasteiger partial charge in [0.25, 0.3) is 5.56 Å². The van der Waals surface area contributed by atoms with E-state index in [0.717, 1.165) is 51.1 Å². The van der Waals surface area contributed by atoms with Gasteiger partial charge < -0.3 is 9.30 Å². The van der Waals surface area contributed by atoms with Crippen LogP contribution in [0.5, 0.6) is 5.75 Å². The Bertz CT molecular complexity index is 2020. The molecule has 0 aliphatic heterocycles. The first-order valence-electron chi connectivity index (χ1n) is 14.2. The average Bonchev–Trinajstić information content (AvgIpc) is 3.26. The van der Waals surface area contributed by atoms with Crippen molar-refractivity contribution in [2.45, 2.75) is 40.2 Å². The molecule has 6 aromatic rings. The lowest BCUT2D eigenvalue weighted by Crippen LogP contribution is -2.21. The predicted molar refractivity (Wildman–Crippen MR) is 172 cm³/mol. The van der Waals surface area contributed by atoms with Crippen molar-refractivity contribution in [3.05, 3.63) is 129 Å². The fourth-order valence-corrected chi connectivity index (χ4v) is 5.68. The standard InChI is InChI=1S/C36H34N4O2/c1-23(2)29-20-30(24(3)19-34(29)42-5)35-38-32-17-11-9-16-28(32)36(41)40(35)37-21-31-25(4)39(22-26-13-7-6-8-14-26)33-18-12-10-15-27(31)33/h6-21,23H,22H2,1-5H3. The molecule has 0 saturated carbocycles. The highest BCUT2D eigenvalue weighted by Crippen LogP contribution is 2.34. The lowest BCUT2D eigenvalue weighted by atomic mass is 9.96. The summed E-state index contributed by atoms with van der Waals surface area (Å²) in [6.07, 6.45) is 1.81. The molecule has 0 aliphatic rings. The van der Waals surface area contributed by atoms with E-state index in [1.807, 2.05) is 49.5 Å². The molecule has 6 nitrogen and oxygen atoms in total. The van der Waals surface area contributed by atoms with Gasteiger partial charge in [0.2, 0.25) is 0 Å². The Morgan fingerprint density at radius 3 is 2.33 bits per heavy atom. The molecule has 0 N–H and O–H groups in total. The van der Waals surface area contributed by atoms with Crippen LogP contribution in [-0.2, 0) is 6.54 Å². The first-order chi connectivity index (χ1) is 20.4. The lowest BCUT2D eigenvalue weighted by Gasteiger charge is -2.17. The second kappa shape index (κ2) is 11.1. The van der Waals surface area contributed by atoms with E-state index in [-0.39, 0.29) is 11.5 Å². The van der Waals surface area contributed by atoms with Crippen molar-refractivity contribution in [1.29, 1.82) is 0 Å². The van der Waals surface area contributed by atoms with E-state index in [4.69, 9.17) is 14.8 Å². The SMILES string of the molecule is COc1cc(C)c(-c2nc3ccccc3c(=O)n2N=Cc2c(C)n(Cc3ccccc3)c3ccccc23)cc1C(C)C. The molecule has 0 radical (unpaired) electrons. The molecule has 0 saturated heterocycles. The number of aromatic nitrogens is 3. The van der Waals surface area contributed by atoms with Crippen LogP contribution >= 0.6 is 0 Å². The van der Waals surface area contributed by atoms with Gasteiger partial charge in [0, 0.05) is 34.3 Å². The average molecular weight is 555 g/mol. The number of benzene rings is 4. The number of para-hydroxylation sites is 2. The maximum atomic E-state index is 14.0. The van der Waals surface area contributed by atoms with Gasteiger partial charge in [-0.25, -0.2) is 4.98 Å². The molecule has 6 heteroatoms. The van der Waals surface area contributed by atoms with Crippen molar-refractivity contribution in [1.82, 2.24) is 14.2 Å². The fraction of sp³-hybridized carbons (Fsp3) is 0.194. The van der Waals surface area contributed by atoms with Gasteiger partial charge in [-0.05, 0) is 66.8 Å². The minimum Gasteiger partial charge on any atom is -0.496 e. The van der Waals surface area contributed by atoms with Crippen molar-refractivity contribution in [3.8, 4) is 17.1 Å². The molecule has 2 aromatic heterocycles. The maximum absolute atomic E-state index is 14.0. The molecule has 0 spiro atoms. The van der Waals surface area contributed by atoms with Gasteiger partial charge in [0.15, 0.2) is 5.82 Å². The van der Waals surface area contributed by atoms with E-state index in [1.54, 1.807) is 13.2 Å². The van der Waals surface area contributed by atoms with Gasteiger partial charge in [0.1, 0.15) is 5.75 Å². The Morgan fingerprint density at radius 1 is 0.905 bits per heavy atom. The van der Waals surface area contributed by atoms with Crippen LogP contribution in [0, 0.1) is 13.8 Å². The van der Waals surface area contributed by atoms with Crippen LogP contribution in [-0.4, -0.2) is 27.6 Å². The molecule has 0 fully saturated rings. The van der Waals surface area contributed by atoms with E-state index in [1.165, 1.54) is 10.2 Å². The van der Waals surface area contributed by atoms with Crippen molar-refractivity contribution in [3.63, 3.8) is 0 Å². The molecule has 0 amide bonds. The second-order valence-electron chi connectivity index (χ2n) is 11.0. The number of hydrogen-bond acceptors (Lipinski definition) is 4. The van der Waals surface area contributed by atoms with E-state index in [9.17, 15) is 4.79 Å². The number of aryl methyl sites for hydroxylation is 1. The molecule has 0 atom stereocenters. The summed E-state index contributed by atoms with van der Waals surface area (Å²) in [6, 6.07) is 30.3. The molecule has 6 rings (SSSR count). The van der Waals surface area contributed by atoms with Gasteiger partial charge in [-0.3, -0.25) is 4.79 Å². The van der Waals surface area contributed by atoms with Crippen LogP contribution in [0.3, 0.4) is 0 Å². The molecule has 210 valence electrons. The molecular weight excluding hydrogens is 520 g/mol. The highest BCUT2D eigenvalue weighted by atomic mass is 16.5. The molecule has 0 unspecified atom stereocenters. The third-order valence-corrected chi connectivity index (χ3v) is 7.96. The van der Waals surface area contributed by atoms with E-state index >= 15 is 0 Å². The van der Waals surface area contributed by atoms with Gasteiger partial charge in [-0.2, -0.15) is 9.78 Å². The summed E-state index contributed by atoms with van der Waals surface area (Å²) in [5.41, 5.74) is 7.68. The third kappa shape index (κ3) is 4.79. The molecule has 42 heavy (non-hydrogen) atoms. The van der Waals surface area contributed by atoms with Crippen molar-refractivity contribution in [2.75, 3.05) is 7.11 Å². The molecule has 2 heterocycles. The van der Waals surface area contributed by atoms with Gasteiger partial charge in [-0.1, -0.05) is 74.5 Å². The molecular formula is C36H34N4O2. The summed E-state index contributed by atoms with van der Waals surface area (Å²) in [4.78, 5) is 19.0. The Balaban J connectivity index is 1.56. The number of ether oxygens (including phenoxy) is 1. The van der Waals surface area contributed by atoms with E-state index < -0.39 is 0 Å². The molecule has 0 bridgehead atoms. The van der Waals surface area contributed by atoms with Crippen LogP contribution in [0.15, 0.2) is 101 Å². The number of fused-ring (bicyclic) bond motifs is 2. The summed E-state index contributed by atoms with van der Waals surface area (Å²) >= 11 is 0. The minimum absolute atomic E-state index is 0.209. The Morgan fingerprint density at radius 2 is 1.60 bits per heavy atom. The Kier molecular flexibility index (Phi) is 7.21. The summed E-state index contributed by atoms with van der Waals surface area (Å²) in [5, 5.41) is 6.47. The highest BCUT2D eigenvalue weighted by molar-refractivity contribution is 6.01. The smallest absolute Gasteiger partial charge is 0.282 e. The topological polar surface area (TPSA) is 61.4 Å². The van der Waals surface area contributed by atoms with Crippen molar-refractivity contribution >= 4 is 28.0 Å². The third-order valence-electron chi connectivity index (χ3n) is 7.96. The van der Waals surface area contributed by atoms with Crippen LogP contribution in [0.4, 0.5) is 0 Å². The lowest BCUT2D eigenvalue weighted by molar-refractivity contribution is 0.407. The zero-order valence-corrected chi connectivity index (χ0v) is 24.6. The number of nitrogens with zero attached hydrogens (tertiary/aromatic N) is 4. The Hall–Kier alpha value is -4.97. The summed E-state index contributed by atoms with van der Waals surface area (Å²) < 4.78 is 9.44. The summed E-state index contributed by atoms with van der Waals surface area (Å²) in [7, 11) is 1.69. The van der Waals surface area contributed by atoms with Crippen LogP contribution in [0.1, 0.15) is 47.7 Å². The highest BCUT2D eigenvalue weighted by Gasteiger charge is 2.19. The van der Waals surface area contributed by atoms with Crippen LogP contribution in [0.2, 0.25) is 0 Å². The monoisotopic (exact) mass is 554 g/mol. The van der Waals surface area contributed by atoms with Gasteiger partial charge in [-0.15, -0.1) is 0 Å². The fourth-order valence-electron chi connectivity index (χ4n) is 5.68. The first kappa shape index (κ1) is 27.2. The Labute approximate surface area is 245 Å². The van der Waals surface area contributed by atoms with Crippen LogP contribution < -0.4 is 10.3 Å². The minimum atomic E-state index is -0.209. The van der Waals surface area contributed by atoms with E-state index in [2.05, 4.69) is 73.9 Å². The van der Waals surface area contributed by atoms with Crippen molar-refractivity contribution < 1.29 is 4.74 Å². The zero-order valence-electron chi connectivity index (χ0n) is 24.6. The van der Waals surface area contributed by atoms with Crippen molar-refractivity contribution in [2.24, 2.45) is 5.10 Å². The predicted octanol–water partition coefficient (Wildman–Crippen LogP) is 7.70. The largest absolute Gasteiger partial charge is 0.496 e. The first-order valence-corrected chi connectivity index (χ1v) is 14.2. The summed E-state index contributed by atoms with van der Waals surface area (Å²) in [6.45, 7) is 9.12. The second-order valence-corrected chi connectivity index (χ2v) is 11.0. The maximum Gasteiger partial charge on any atom is 0.282 e. The number of methoxy groups -OCH3 is 1. The normalized spacial score (nSPS) is 11.8. The molecule has 4 aromatic carbocycles.